The standard InChI is InChI=1S/C17H17Cl2F3N2O2/c1-4-24-14(12(19)13(23-24)15(25)26)10-6-5-9(7-11(10)18)8-16(2,3)17(20,21)22/h5-7H,4,8H2,1-3H3,(H,25,26). The molecule has 2 rings (SSSR count). The maximum Gasteiger partial charge on any atom is 0.394 e. The van der Waals surface area contributed by atoms with Crippen molar-refractivity contribution in [2.45, 2.75) is 39.9 Å². The molecule has 0 radical (unpaired) electrons. The van der Waals surface area contributed by atoms with Crippen molar-refractivity contribution in [3.63, 3.8) is 0 Å². The van der Waals surface area contributed by atoms with Gasteiger partial charge in [0.1, 0.15) is 5.02 Å². The Morgan fingerprint density at radius 1 is 1.27 bits per heavy atom. The molecule has 1 aromatic carbocycles. The molecule has 2 aromatic rings. The number of alkyl halides is 3. The molecule has 1 N–H and O–H groups in total. The number of rotatable bonds is 5. The molecule has 0 fully saturated rings. The summed E-state index contributed by atoms with van der Waals surface area (Å²) in [7, 11) is 0. The van der Waals surface area contributed by atoms with Crippen LogP contribution in [0.2, 0.25) is 10.0 Å². The quantitative estimate of drug-likeness (QED) is 0.689. The van der Waals surface area contributed by atoms with Crippen LogP contribution in [0.4, 0.5) is 13.2 Å². The van der Waals surface area contributed by atoms with Crippen LogP contribution in [-0.2, 0) is 13.0 Å². The molecular weight excluding hydrogens is 392 g/mol. The number of carboxylic acids is 1. The second kappa shape index (κ2) is 7.12. The maximum absolute atomic E-state index is 13.1. The molecule has 0 bridgehead atoms. The number of aromatic carboxylic acids is 1. The Balaban J connectivity index is 2.48. The molecule has 9 heteroatoms. The summed E-state index contributed by atoms with van der Waals surface area (Å²) < 4.78 is 40.6. The molecule has 4 nitrogen and oxygen atoms in total. The summed E-state index contributed by atoms with van der Waals surface area (Å²) in [4.78, 5) is 11.2. The number of carbonyl (C=O) groups is 1. The largest absolute Gasteiger partial charge is 0.476 e. The van der Waals surface area contributed by atoms with Crippen molar-refractivity contribution < 1.29 is 23.1 Å². The third-order valence-corrected chi connectivity index (χ3v) is 4.77. The van der Waals surface area contributed by atoms with Gasteiger partial charge in [0.15, 0.2) is 5.69 Å². The molecule has 142 valence electrons. The maximum atomic E-state index is 13.1. The smallest absolute Gasteiger partial charge is 0.394 e. The SMILES string of the molecule is CCn1nc(C(=O)O)c(Cl)c1-c1ccc(CC(C)(C)C(F)(F)F)cc1Cl. The molecule has 0 aliphatic carbocycles. The monoisotopic (exact) mass is 408 g/mol. The van der Waals surface area contributed by atoms with E-state index in [4.69, 9.17) is 28.3 Å². The fourth-order valence-corrected chi connectivity index (χ4v) is 3.14. The zero-order chi connectivity index (χ0) is 19.9. The zero-order valence-electron chi connectivity index (χ0n) is 14.3. The van der Waals surface area contributed by atoms with Crippen molar-refractivity contribution in [2.24, 2.45) is 5.41 Å². The van der Waals surface area contributed by atoms with Crippen LogP contribution in [0.1, 0.15) is 36.8 Å². The Morgan fingerprint density at radius 2 is 1.88 bits per heavy atom. The Bertz CT molecular complexity index is 845. The molecule has 0 atom stereocenters. The Labute approximate surface area is 158 Å². The minimum Gasteiger partial charge on any atom is -0.476 e. The first kappa shape index (κ1) is 20.6. The predicted molar refractivity (Wildman–Crippen MR) is 93.9 cm³/mol. The van der Waals surface area contributed by atoms with Gasteiger partial charge in [-0.05, 0) is 25.0 Å². The van der Waals surface area contributed by atoms with E-state index < -0.39 is 17.6 Å². The molecular formula is C17H17Cl2F3N2O2. The van der Waals surface area contributed by atoms with Gasteiger partial charge in [0.2, 0.25) is 0 Å². The highest BCUT2D eigenvalue weighted by Crippen LogP contribution is 2.41. The van der Waals surface area contributed by atoms with Gasteiger partial charge in [0.05, 0.1) is 16.1 Å². The second-order valence-corrected chi connectivity index (χ2v) is 7.29. The summed E-state index contributed by atoms with van der Waals surface area (Å²) in [6, 6.07) is 4.50. The van der Waals surface area contributed by atoms with Gasteiger partial charge in [-0.3, -0.25) is 4.68 Å². The molecule has 1 aromatic heterocycles. The van der Waals surface area contributed by atoms with Gasteiger partial charge in [-0.2, -0.15) is 18.3 Å². The highest BCUT2D eigenvalue weighted by Gasteiger charge is 2.47. The number of nitrogens with zero attached hydrogens (tertiary/aromatic N) is 2. The van der Waals surface area contributed by atoms with Gasteiger partial charge in [0.25, 0.3) is 0 Å². The predicted octanol–water partition coefficient (Wildman–Crippen LogP) is 5.71. The minimum absolute atomic E-state index is 0.0652. The van der Waals surface area contributed by atoms with E-state index >= 15 is 0 Å². The van der Waals surface area contributed by atoms with E-state index in [2.05, 4.69) is 5.10 Å². The first-order valence-corrected chi connectivity index (χ1v) is 8.49. The lowest BCUT2D eigenvalue weighted by Crippen LogP contribution is -2.34. The van der Waals surface area contributed by atoms with E-state index in [1.807, 2.05) is 0 Å². The molecule has 0 saturated heterocycles. The molecule has 0 unspecified atom stereocenters. The number of carboxylic acid groups (broad SMARTS) is 1. The van der Waals surface area contributed by atoms with Gasteiger partial charge >= 0.3 is 12.1 Å². The van der Waals surface area contributed by atoms with E-state index in [-0.39, 0.29) is 22.2 Å². The van der Waals surface area contributed by atoms with Crippen molar-refractivity contribution in [3.8, 4) is 11.3 Å². The topological polar surface area (TPSA) is 55.1 Å². The highest BCUT2D eigenvalue weighted by atomic mass is 35.5. The summed E-state index contributed by atoms with van der Waals surface area (Å²) in [6.45, 7) is 4.35. The number of hydrogen-bond donors (Lipinski definition) is 1. The molecule has 0 aliphatic heterocycles. The summed E-state index contributed by atoms with van der Waals surface area (Å²) >= 11 is 12.4. The van der Waals surface area contributed by atoms with Crippen molar-refractivity contribution in [2.75, 3.05) is 0 Å². The van der Waals surface area contributed by atoms with E-state index in [1.54, 1.807) is 6.92 Å². The summed E-state index contributed by atoms with van der Waals surface area (Å²) in [5.41, 5.74) is -1.07. The average molecular weight is 409 g/mol. The molecule has 0 aliphatic rings. The van der Waals surface area contributed by atoms with Crippen LogP contribution in [0.15, 0.2) is 18.2 Å². The molecule has 26 heavy (non-hydrogen) atoms. The van der Waals surface area contributed by atoms with Gasteiger partial charge < -0.3 is 5.11 Å². The van der Waals surface area contributed by atoms with Crippen molar-refractivity contribution in [1.29, 1.82) is 0 Å². The van der Waals surface area contributed by atoms with E-state index in [0.29, 0.717) is 23.4 Å². The highest BCUT2D eigenvalue weighted by molar-refractivity contribution is 6.37. The third-order valence-electron chi connectivity index (χ3n) is 4.10. The first-order valence-electron chi connectivity index (χ1n) is 7.74. The fourth-order valence-electron chi connectivity index (χ4n) is 2.53. The van der Waals surface area contributed by atoms with E-state index in [9.17, 15) is 18.0 Å². The normalized spacial score (nSPS) is 12.5. The van der Waals surface area contributed by atoms with Crippen LogP contribution in [0.25, 0.3) is 11.3 Å². The van der Waals surface area contributed by atoms with E-state index in [0.717, 1.165) is 13.8 Å². The van der Waals surface area contributed by atoms with Crippen LogP contribution in [0.5, 0.6) is 0 Å². The Hall–Kier alpha value is -1.73. The third kappa shape index (κ3) is 3.83. The summed E-state index contributed by atoms with van der Waals surface area (Å²) in [6.07, 6.45) is -4.59. The van der Waals surface area contributed by atoms with E-state index in [1.165, 1.54) is 22.9 Å². The Kier molecular flexibility index (Phi) is 5.63. The van der Waals surface area contributed by atoms with Crippen LogP contribution < -0.4 is 0 Å². The molecule has 1 heterocycles. The minimum atomic E-state index is -4.35. The van der Waals surface area contributed by atoms with Crippen molar-refractivity contribution in [3.05, 3.63) is 39.5 Å². The number of hydrogen-bond acceptors (Lipinski definition) is 2. The number of benzene rings is 1. The zero-order valence-corrected chi connectivity index (χ0v) is 15.8. The van der Waals surface area contributed by atoms with Gasteiger partial charge in [-0.1, -0.05) is 49.2 Å². The molecule has 0 amide bonds. The summed E-state index contributed by atoms with van der Waals surface area (Å²) in [5, 5.41) is 13.2. The van der Waals surface area contributed by atoms with Gasteiger partial charge in [0, 0.05) is 12.1 Å². The Morgan fingerprint density at radius 3 is 2.35 bits per heavy atom. The lowest BCUT2D eigenvalue weighted by atomic mass is 9.85. The first-order chi connectivity index (χ1) is 11.9. The lowest BCUT2D eigenvalue weighted by Gasteiger charge is -2.27. The number of aryl methyl sites for hydroxylation is 1. The number of halogens is 5. The second-order valence-electron chi connectivity index (χ2n) is 6.50. The number of aromatic nitrogens is 2. The molecule has 0 spiro atoms. The molecule has 0 saturated carbocycles. The van der Waals surface area contributed by atoms with Crippen molar-refractivity contribution in [1.82, 2.24) is 9.78 Å². The van der Waals surface area contributed by atoms with Crippen LogP contribution >= 0.6 is 23.2 Å². The average Bonchev–Trinajstić information content (AvgIpc) is 2.83. The van der Waals surface area contributed by atoms with Gasteiger partial charge in [-0.15, -0.1) is 0 Å². The van der Waals surface area contributed by atoms with Crippen LogP contribution in [0, 0.1) is 5.41 Å². The van der Waals surface area contributed by atoms with Crippen LogP contribution in [-0.4, -0.2) is 27.0 Å². The van der Waals surface area contributed by atoms with Crippen LogP contribution in [0.3, 0.4) is 0 Å². The lowest BCUT2D eigenvalue weighted by molar-refractivity contribution is -0.211. The summed E-state index contributed by atoms with van der Waals surface area (Å²) in [5.74, 6) is -1.27. The van der Waals surface area contributed by atoms with Crippen molar-refractivity contribution >= 4 is 29.2 Å². The fraction of sp³-hybridized carbons (Fsp3) is 0.412. The van der Waals surface area contributed by atoms with Gasteiger partial charge in [-0.25, -0.2) is 4.79 Å².